The number of nitrogens with zero attached hydrogens (tertiary/aromatic N) is 1. The predicted molar refractivity (Wildman–Crippen MR) is 69.9 cm³/mol. The number of sulfonamides is 1. The summed E-state index contributed by atoms with van der Waals surface area (Å²) in [4.78, 5) is 12.2. The monoisotopic (exact) mass is 291 g/mol. The molecule has 0 aromatic heterocycles. The standard InChI is InChI=1S/C14H10FNO3S/c15-11-5-3-4-10(8-11)9-16-14(17)12-6-1-2-7-13(12)20(16,18)19/h1-8H,9H2. The Labute approximate surface area is 115 Å². The van der Waals surface area contributed by atoms with Gasteiger partial charge in [0, 0.05) is 0 Å². The van der Waals surface area contributed by atoms with Gasteiger partial charge >= 0.3 is 0 Å². The second-order valence-electron chi connectivity index (χ2n) is 4.44. The lowest BCUT2D eigenvalue weighted by atomic mass is 10.2. The number of hydrogen-bond acceptors (Lipinski definition) is 3. The van der Waals surface area contributed by atoms with Gasteiger partial charge in [0.05, 0.1) is 12.1 Å². The molecule has 0 atom stereocenters. The lowest BCUT2D eigenvalue weighted by molar-refractivity contribution is 0.0865. The molecule has 102 valence electrons. The molecule has 2 aromatic carbocycles. The molecular formula is C14H10FNO3S. The van der Waals surface area contributed by atoms with Gasteiger partial charge in [0.1, 0.15) is 10.7 Å². The van der Waals surface area contributed by atoms with E-state index in [2.05, 4.69) is 0 Å². The van der Waals surface area contributed by atoms with Gasteiger partial charge in [-0.3, -0.25) is 4.79 Å². The van der Waals surface area contributed by atoms with Crippen molar-refractivity contribution in [1.82, 2.24) is 4.31 Å². The van der Waals surface area contributed by atoms with Gasteiger partial charge < -0.3 is 0 Å². The van der Waals surface area contributed by atoms with Crippen molar-refractivity contribution in [3.05, 3.63) is 65.5 Å². The van der Waals surface area contributed by atoms with E-state index in [1.54, 1.807) is 18.2 Å². The molecule has 1 aliphatic heterocycles. The maximum absolute atomic E-state index is 13.1. The fourth-order valence-electron chi connectivity index (χ4n) is 2.19. The van der Waals surface area contributed by atoms with Crippen molar-refractivity contribution in [3.63, 3.8) is 0 Å². The second kappa shape index (κ2) is 4.42. The van der Waals surface area contributed by atoms with Crippen LogP contribution in [0.2, 0.25) is 0 Å². The van der Waals surface area contributed by atoms with Crippen molar-refractivity contribution in [2.24, 2.45) is 0 Å². The lowest BCUT2D eigenvalue weighted by Gasteiger charge is -2.15. The van der Waals surface area contributed by atoms with Crippen LogP contribution in [-0.4, -0.2) is 18.6 Å². The third-order valence-electron chi connectivity index (χ3n) is 3.13. The fraction of sp³-hybridized carbons (Fsp3) is 0.0714. The van der Waals surface area contributed by atoms with Crippen LogP contribution in [0.25, 0.3) is 0 Å². The first kappa shape index (κ1) is 12.8. The zero-order chi connectivity index (χ0) is 14.3. The number of fused-ring (bicyclic) bond motifs is 1. The van der Waals surface area contributed by atoms with Gasteiger partial charge in [-0.2, -0.15) is 0 Å². The summed E-state index contributed by atoms with van der Waals surface area (Å²) in [7, 11) is -3.85. The lowest BCUT2D eigenvalue weighted by Crippen LogP contribution is -2.29. The summed E-state index contributed by atoms with van der Waals surface area (Å²) in [5, 5.41) is 0. The average molecular weight is 291 g/mol. The highest BCUT2D eigenvalue weighted by Crippen LogP contribution is 2.31. The molecular weight excluding hydrogens is 281 g/mol. The van der Waals surface area contributed by atoms with Crippen molar-refractivity contribution in [2.75, 3.05) is 0 Å². The summed E-state index contributed by atoms with van der Waals surface area (Å²) >= 11 is 0. The Morgan fingerprint density at radius 1 is 1.05 bits per heavy atom. The number of rotatable bonds is 2. The summed E-state index contributed by atoms with van der Waals surface area (Å²) < 4.78 is 38.5. The molecule has 3 rings (SSSR count). The SMILES string of the molecule is O=C1c2ccccc2S(=O)(=O)N1Cc1cccc(F)c1. The van der Waals surface area contributed by atoms with E-state index >= 15 is 0 Å². The molecule has 4 nitrogen and oxygen atoms in total. The van der Waals surface area contributed by atoms with Crippen LogP contribution in [0.4, 0.5) is 4.39 Å². The van der Waals surface area contributed by atoms with Gasteiger partial charge in [-0.1, -0.05) is 24.3 Å². The van der Waals surface area contributed by atoms with Crippen LogP contribution in [0.5, 0.6) is 0 Å². The Hall–Kier alpha value is -2.21. The highest BCUT2D eigenvalue weighted by atomic mass is 32.2. The van der Waals surface area contributed by atoms with E-state index in [1.165, 1.54) is 30.3 Å². The molecule has 0 radical (unpaired) electrons. The van der Waals surface area contributed by atoms with Crippen LogP contribution in [-0.2, 0) is 16.6 Å². The number of hydrogen-bond donors (Lipinski definition) is 0. The first-order valence-electron chi connectivity index (χ1n) is 5.91. The Morgan fingerprint density at radius 3 is 2.50 bits per heavy atom. The van der Waals surface area contributed by atoms with Gasteiger partial charge in [-0.05, 0) is 29.8 Å². The van der Waals surface area contributed by atoms with E-state index in [0.29, 0.717) is 5.56 Å². The van der Waals surface area contributed by atoms with Gasteiger partial charge in [-0.15, -0.1) is 0 Å². The van der Waals surface area contributed by atoms with E-state index in [1.807, 2.05) is 0 Å². The highest BCUT2D eigenvalue weighted by molar-refractivity contribution is 7.90. The van der Waals surface area contributed by atoms with E-state index in [0.717, 1.165) is 4.31 Å². The van der Waals surface area contributed by atoms with Gasteiger partial charge in [0.15, 0.2) is 0 Å². The third kappa shape index (κ3) is 1.89. The number of carbonyl (C=O) groups is 1. The molecule has 0 saturated heterocycles. The Bertz CT molecular complexity index is 802. The minimum absolute atomic E-state index is 0.00130. The highest BCUT2D eigenvalue weighted by Gasteiger charge is 2.40. The topological polar surface area (TPSA) is 54.5 Å². The summed E-state index contributed by atoms with van der Waals surface area (Å²) in [6, 6.07) is 11.6. The Morgan fingerprint density at radius 2 is 1.80 bits per heavy atom. The van der Waals surface area contributed by atoms with E-state index in [-0.39, 0.29) is 17.0 Å². The maximum atomic E-state index is 13.1. The van der Waals surface area contributed by atoms with Crippen molar-refractivity contribution >= 4 is 15.9 Å². The number of carbonyl (C=O) groups excluding carboxylic acids is 1. The number of halogens is 1. The van der Waals surface area contributed by atoms with E-state index in [9.17, 15) is 17.6 Å². The van der Waals surface area contributed by atoms with Crippen molar-refractivity contribution in [1.29, 1.82) is 0 Å². The fourth-order valence-corrected chi connectivity index (χ4v) is 3.75. The van der Waals surface area contributed by atoms with Gasteiger partial charge in [-0.25, -0.2) is 17.1 Å². The zero-order valence-electron chi connectivity index (χ0n) is 10.3. The van der Waals surface area contributed by atoms with Crippen LogP contribution >= 0.6 is 0 Å². The summed E-state index contributed by atoms with van der Waals surface area (Å²) in [5.41, 5.74) is 0.582. The molecule has 2 aromatic rings. The molecule has 0 fully saturated rings. The van der Waals surface area contributed by atoms with Crippen molar-refractivity contribution in [2.45, 2.75) is 11.4 Å². The van der Waals surface area contributed by atoms with Crippen molar-refractivity contribution < 1.29 is 17.6 Å². The molecule has 20 heavy (non-hydrogen) atoms. The molecule has 0 unspecified atom stereocenters. The van der Waals surface area contributed by atoms with Crippen LogP contribution in [0.1, 0.15) is 15.9 Å². The molecule has 0 spiro atoms. The smallest absolute Gasteiger partial charge is 0.268 e. The maximum Gasteiger partial charge on any atom is 0.269 e. The minimum Gasteiger partial charge on any atom is -0.268 e. The molecule has 1 heterocycles. The third-order valence-corrected chi connectivity index (χ3v) is 4.91. The van der Waals surface area contributed by atoms with Crippen LogP contribution in [0, 0.1) is 5.82 Å². The summed E-state index contributed by atoms with van der Waals surface area (Å²) in [6.45, 7) is -0.173. The minimum atomic E-state index is -3.85. The normalized spacial score (nSPS) is 16.2. The number of benzene rings is 2. The molecule has 0 N–H and O–H groups in total. The quantitative estimate of drug-likeness (QED) is 0.852. The Balaban J connectivity index is 2.03. The zero-order valence-corrected chi connectivity index (χ0v) is 11.1. The molecule has 1 amide bonds. The van der Waals surface area contributed by atoms with E-state index < -0.39 is 21.7 Å². The van der Waals surface area contributed by atoms with Crippen LogP contribution in [0.3, 0.4) is 0 Å². The summed E-state index contributed by atoms with van der Waals surface area (Å²) in [5.74, 6) is -1.05. The first-order chi connectivity index (χ1) is 9.50. The molecule has 1 aliphatic rings. The molecule has 0 bridgehead atoms. The number of amides is 1. The first-order valence-corrected chi connectivity index (χ1v) is 7.35. The molecule has 6 heteroatoms. The summed E-state index contributed by atoms with van der Waals surface area (Å²) in [6.07, 6.45) is 0. The van der Waals surface area contributed by atoms with Crippen LogP contribution in [0.15, 0.2) is 53.4 Å². The van der Waals surface area contributed by atoms with Crippen molar-refractivity contribution in [3.8, 4) is 0 Å². The molecule has 0 aliphatic carbocycles. The largest absolute Gasteiger partial charge is 0.269 e. The van der Waals surface area contributed by atoms with Gasteiger partial charge in [0.25, 0.3) is 15.9 Å². The predicted octanol–water partition coefficient (Wildman–Crippen LogP) is 2.17. The second-order valence-corrected chi connectivity index (χ2v) is 6.27. The molecule has 0 saturated carbocycles. The van der Waals surface area contributed by atoms with Gasteiger partial charge in [0.2, 0.25) is 0 Å². The van der Waals surface area contributed by atoms with E-state index in [4.69, 9.17) is 0 Å². The Kier molecular flexibility index (Phi) is 2.83. The van der Waals surface area contributed by atoms with Crippen LogP contribution < -0.4 is 0 Å². The average Bonchev–Trinajstić information content (AvgIpc) is 2.61.